The zero-order valence-corrected chi connectivity index (χ0v) is 13.9. The molecule has 0 radical (unpaired) electrons. The summed E-state index contributed by atoms with van der Waals surface area (Å²) >= 11 is 0. The number of amides is 2. The molecular formula is C16H28N2O4. The average molecular weight is 312 g/mol. The smallest absolute Gasteiger partial charge is 0.308 e. The van der Waals surface area contributed by atoms with E-state index in [0.717, 1.165) is 12.8 Å². The third-order valence-corrected chi connectivity index (χ3v) is 4.10. The summed E-state index contributed by atoms with van der Waals surface area (Å²) in [7, 11) is 0. The summed E-state index contributed by atoms with van der Waals surface area (Å²) < 4.78 is 0. The minimum Gasteiger partial charge on any atom is -0.481 e. The number of aliphatic carboxylic acids is 1. The molecule has 0 aliphatic heterocycles. The molecule has 6 heteroatoms. The topological polar surface area (TPSA) is 77.9 Å². The van der Waals surface area contributed by atoms with Crippen LogP contribution in [0.2, 0.25) is 0 Å². The minimum atomic E-state index is -0.879. The highest BCUT2D eigenvalue weighted by Gasteiger charge is 2.34. The van der Waals surface area contributed by atoms with Crippen LogP contribution in [0, 0.1) is 5.92 Å². The zero-order valence-electron chi connectivity index (χ0n) is 13.9. The van der Waals surface area contributed by atoms with Gasteiger partial charge in [-0.15, -0.1) is 0 Å². The van der Waals surface area contributed by atoms with E-state index in [4.69, 9.17) is 5.11 Å². The number of carboxylic acid groups (broad SMARTS) is 1. The van der Waals surface area contributed by atoms with Gasteiger partial charge in [-0.2, -0.15) is 0 Å². The van der Waals surface area contributed by atoms with Gasteiger partial charge in [-0.05, 0) is 33.1 Å². The van der Waals surface area contributed by atoms with Crippen LogP contribution in [-0.2, 0) is 14.4 Å². The molecule has 6 nitrogen and oxygen atoms in total. The maximum absolute atomic E-state index is 12.3. The molecule has 0 bridgehead atoms. The number of carboxylic acids is 1. The molecule has 1 unspecified atom stereocenters. The molecule has 1 N–H and O–H groups in total. The van der Waals surface area contributed by atoms with Crippen molar-refractivity contribution in [1.82, 2.24) is 9.80 Å². The quantitative estimate of drug-likeness (QED) is 0.666. The van der Waals surface area contributed by atoms with Crippen molar-refractivity contribution in [2.45, 2.75) is 58.9 Å². The number of carbonyl (C=O) groups excluding carboxylic acids is 2. The Morgan fingerprint density at radius 2 is 1.64 bits per heavy atom. The predicted octanol–water partition coefficient (Wildman–Crippen LogP) is 1.74. The Bertz CT molecular complexity index is 403. The largest absolute Gasteiger partial charge is 0.481 e. The summed E-state index contributed by atoms with van der Waals surface area (Å²) in [4.78, 5) is 38.6. The first-order valence-electron chi connectivity index (χ1n) is 8.20. The second kappa shape index (κ2) is 8.76. The second-order valence-corrected chi connectivity index (χ2v) is 5.94. The number of hydrogen-bond donors (Lipinski definition) is 1. The fourth-order valence-corrected chi connectivity index (χ4v) is 2.48. The molecule has 1 fully saturated rings. The van der Waals surface area contributed by atoms with Crippen LogP contribution < -0.4 is 0 Å². The molecule has 2 amide bonds. The molecule has 1 aliphatic rings. The standard InChI is InChI=1S/C16H28N2O4/c1-4-17(5-2)14(19)7-6-8-15(20)18(13-9-10-13)11-12(3)16(21)22/h12-13H,4-11H2,1-3H3,(H,21,22). The molecule has 0 aromatic rings. The van der Waals surface area contributed by atoms with Gasteiger partial charge in [0.15, 0.2) is 0 Å². The van der Waals surface area contributed by atoms with Crippen molar-refractivity contribution in [1.29, 1.82) is 0 Å². The summed E-state index contributed by atoms with van der Waals surface area (Å²) in [5.74, 6) is -1.38. The van der Waals surface area contributed by atoms with Crippen molar-refractivity contribution in [2.24, 2.45) is 5.92 Å². The summed E-state index contributed by atoms with van der Waals surface area (Å²) in [5, 5.41) is 8.99. The maximum atomic E-state index is 12.3. The van der Waals surface area contributed by atoms with E-state index in [1.165, 1.54) is 0 Å². The van der Waals surface area contributed by atoms with Crippen LogP contribution in [0.3, 0.4) is 0 Å². The first-order valence-corrected chi connectivity index (χ1v) is 8.20. The Hall–Kier alpha value is -1.59. The van der Waals surface area contributed by atoms with E-state index in [9.17, 15) is 14.4 Å². The Balaban J connectivity index is 2.41. The van der Waals surface area contributed by atoms with E-state index in [2.05, 4.69) is 0 Å². The van der Waals surface area contributed by atoms with Gasteiger partial charge < -0.3 is 14.9 Å². The molecule has 1 atom stereocenters. The van der Waals surface area contributed by atoms with Gasteiger partial charge in [0.1, 0.15) is 0 Å². The molecule has 1 aliphatic carbocycles. The highest BCUT2D eigenvalue weighted by atomic mass is 16.4. The highest BCUT2D eigenvalue weighted by molar-refractivity contribution is 5.80. The molecule has 126 valence electrons. The van der Waals surface area contributed by atoms with E-state index >= 15 is 0 Å². The number of carbonyl (C=O) groups is 3. The van der Waals surface area contributed by atoms with E-state index in [0.29, 0.717) is 32.4 Å². The summed E-state index contributed by atoms with van der Waals surface area (Å²) in [5.41, 5.74) is 0. The Labute approximate surface area is 132 Å². The van der Waals surface area contributed by atoms with Crippen LogP contribution in [0.1, 0.15) is 52.9 Å². The summed E-state index contributed by atoms with van der Waals surface area (Å²) in [6, 6.07) is 0.202. The number of nitrogens with zero attached hydrogens (tertiary/aromatic N) is 2. The average Bonchev–Trinajstić information content (AvgIpc) is 3.29. The van der Waals surface area contributed by atoms with Crippen molar-refractivity contribution < 1.29 is 19.5 Å². The highest BCUT2D eigenvalue weighted by Crippen LogP contribution is 2.28. The lowest BCUT2D eigenvalue weighted by molar-refractivity contribution is -0.143. The van der Waals surface area contributed by atoms with Gasteiger partial charge in [0.05, 0.1) is 5.92 Å². The fraction of sp³-hybridized carbons (Fsp3) is 0.812. The number of rotatable bonds is 10. The Morgan fingerprint density at radius 1 is 1.09 bits per heavy atom. The van der Waals surface area contributed by atoms with Gasteiger partial charge in [0.2, 0.25) is 11.8 Å². The van der Waals surface area contributed by atoms with Gasteiger partial charge in [0, 0.05) is 38.5 Å². The van der Waals surface area contributed by atoms with Crippen molar-refractivity contribution in [2.75, 3.05) is 19.6 Å². The van der Waals surface area contributed by atoms with Crippen LogP contribution in [-0.4, -0.2) is 58.4 Å². The lowest BCUT2D eigenvalue weighted by Gasteiger charge is -2.24. The maximum Gasteiger partial charge on any atom is 0.308 e. The Kier molecular flexibility index (Phi) is 7.35. The normalized spacial score (nSPS) is 15.2. The van der Waals surface area contributed by atoms with Gasteiger partial charge in [0.25, 0.3) is 0 Å². The SMILES string of the molecule is CCN(CC)C(=O)CCCC(=O)N(CC(C)C(=O)O)C1CC1. The first-order chi connectivity index (χ1) is 10.4. The predicted molar refractivity (Wildman–Crippen MR) is 83.3 cm³/mol. The van der Waals surface area contributed by atoms with E-state index in [1.54, 1.807) is 16.7 Å². The van der Waals surface area contributed by atoms with Crippen LogP contribution >= 0.6 is 0 Å². The number of hydrogen-bond acceptors (Lipinski definition) is 3. The van der Waals surface area contributed by atoms with Crippen LogP contribution in [0.5, 0.6) is 0 Å². The molecule has 0 aromatic carbocycles. The third-order valence-electron chi connectivity index (χ3n) is 4.10. The van der Waals surface area contributed by atoms with Crippen molar-refractivity contribution in [3.63, 3.8) is 0 Å². The summed E-state index contributed by atoms with van der Waals surface area (Å²) in [6.45, 7) is 7.14. The third kappa shape index (κ3) is 5.66. The molecule has 0 aromatic heterocycles. The molecular weight excluding hydrogens is 284 g/mol. The van der Waals surface area contributed by atoms with Crippen LogP contribution in [0.15, 0.2) is 0 Å². The van der Waals surface area contributed by atoms with E-state index in [-0.39, 0.29) is 24.4 Å². The van der Waals surface area contributed by atoms with Crippen LogP contribution in [0.25, 0.3) is 0 Å². The lowest BCUT2D eigenvalue weighted by atomic mass is 10.1. The molecule has 22 heavy (non-hydrogen) atoms. The molecule has 1 rings (SSSR count). The van der Waals surface area contributed by atoms with Crippen molar-refractivity contribution in [3.8, 4) is 0 Å². The molecule has 1 saturated carbocycles. The lowest BCUT2D eigenvalue weighted by Crippen LogP contribution is -2.38. The van der Waals surface area contributed by atoms with Gasteiger partial charge >= 0.3 is 5.97 Å². The van der Waals surface area contributed by atoms with Gasteiger partial charge in [-0.25, -0.2) is 0 Å². The fourth-order valence-electron chi connectivity index (χ4n) is 2.48. The minimum absolute atomic E-state index is 0.0250. The monoisotopic (exact) mass is 312 g/mol. The van der Waals surface area contributed by atoms with Crippen molar-refractivity contribution in [3.05, 3.63) is 0 Å². The second-order valence-electron chi connectivity index (χ2n) is 5.94. The Morgan fingerprint density at radius 3 is 2.09 bits per heavy atom. The first kappa shape index (κ1) is 18.5. The molecule has 0 spiro atoms. The van der Waals surface area contributed by atoms with Crippen LogP contribution in [0.4, 0.5) is 0 Å². The summed E-state index contributed by atoms with van der Waals surface area (Å²) in [6.07, 6.45) is 3.13. The van der Waals surface area contributed by atoms with Gasteiger partial charge in [-0.3, -0.25) is 14.4 Å². The van der Waals surface area contributed by atoms with Crippen molar-refractivity contribution >= 4 is 17.8 Å². The van der Waals surface area contributed by atoms with E-state index < -0.39 is 11.9 Å². The molecule has 0 heterocycles. The van der Waals surface area contributed by atoms with E-state index in [1.807, 2.05) is 13.8 Å². The zero-order chi connectivity index (χ0) is 16.7. The van der Waals surface area contributed by atoms with Gasteiger partial charge in [-0.1, -0.05) is 6.92 Å². The molecule has 0 saturated heterocycles.